The van der Waals surface area contributed by atoms with Gasteiger partial charge < -0.3 is 10.2 Å². The molecule has 5 heteroatoms. The van der Waals surface area contributed by atoms with Crippen LogP contribution in [0.15, 0.2) is 12.1 Å². The van der Waals surface area contributed by atoms with Crippen LogP contribution in [0.5, 0.6) is 0 Å². The number of nitrogens with zero attached hydrogens (tertiary/aromatic N) is 1. The number of piperazine rings is 1. The fourth-order valence-electron chi connectivity index (χ4n) is 3.59. The number of anilines is 1. The highest BCUT2D eigenvalue weighted by atomic mass is 19.2. The van der Waals surface area contributed by atoms with Crippen molar-refractivity contribution < 1.29 is 13.2 Å². The van der Waals surface area contributed by atoms with Gasteiger partial charge in [0.2, 0.25) is 0 Å². The summed E-state index contributed by atoms with van der Waals surface area (Å²) in [5.41, 5.74) is 0.439. The van der Waals surface area contributed by atoms with Gasteiger partial charge in [0.05, 0.1) is 0 Å². The van der Waals surface area contributed by atoms with Gasteiger partial charge in [-0.15, -0.1) is 0 Å². The molecule has 1 aliphatic carbocycles. The SMILES string of the molecule is Fc1cc(N2CCNC(C3CCCCC3)C2)cc(F)c1F. The Labute approximate surface area is 123 Å². The summed E-state index contributed by atoms with van der Waals surface area (Å²) in [6, 6.07) is 2.55. The van der Waals surface area contributed by atoms with Crippen LogP contribution in [0.25, 0.3) is 0 Å². The van der Waals surface area contributed by atoms with Crippen molar-refractivity contribution in [1.82, 2.24) is 5.32 Å². The summed E-state index contributed by atoms with van der Waals surface area (Å²) in [6.45, 7) is 2.21. The molecular formula is C16H21F3N2. The number of nitrogens with one attached hydrogen (secondary N) is 1. The number of hydrogen-bond donors (Lipinski definition) is 1. The Morgan fingerprint density at radius 1 is 1.00 bits per heavy atom. The molecule has 1 aromatic rings. The first kappa shape index (κ1) is 14.7. The summed E-state index contributed by atoms with van der Waals surface area (Å²) < 4.78 is 39.8. The lowest BCUT2D eigenvalue weighted by atomic mass is 9.83. The highest BCUT2D eigenvalue weighted by Crippen LogP contribution is 2.29. The van der Waals surface area contributed by atoms with Gasteiger partial charge in [0.1, 0.15) is 0 Å². The van der Waals surface area contributed by atoms with E-state index in [2.05, 4.69) is 5.32 Å². The molecule has 3 rings (SSSR count). The van der Waals surface area contributed by atoms with Crippen molar-refractivity contribution in [2.24, 2.45) is 5.92 Å². The third-order valence-corrected chi connectivity index (χ3v) is 4.76. The number of hydrogen-bond acceptors (Lipinski definition) is 2. The van der Waals surface area contributed by atoms with Crippen molar-refractivity contribution in [2.45, 2.75) is 38.1 Å². The van der Waals surface area contributed by atoms with Crippen molar-refractivity contribution in [2.75, 3.05) is 24.5 Å². The predicted molar refractivity (Wildman–Crippen MR) is 76.9 cm³/mol. The zero-order valence-electron chi connectivity index (χ0n) is 12.0. The first-order chi connectivity index (χ1) is 10.1. The third kappa shape index (κ3) is 3.18. The summed E-state index contributed by atoms with van der Waals surface area (Å²) in [5, 5.41) is 3.53. The Kier molecular flexibility index (Phi) is 4.38. The molecule has 1 heterocycles. The highest BCUT2D eigenvalue weighted by molar-refractivity contribution is 5.48. The van der Waals surface area contributed by atoms with Gasteiger partial charge in [0.15, 0.2) is 17.5 Å². The van der Waals surface area contributed by atoms with E-state index in [1.807, 2.05) is 4.90 Å². The molecule has 0 bridgehead atoms. The quantitative estimate of drug-likeness (QED) is 0.841. The third-order valence-electron chi connectivity index (χ3n) is 4.76. The highest BCUT2D eigenvalue weighted by Gasteiger charge is 2.28. The molecule has 21 heavy (non-hydrogen) atoms. The van der Waals surface area contributed by atoms with E-state index in [1.54, 1.807) is 0 Å². The van der Waals surface area contributed by atoms with Crippen molar-refractivity contribution in [3.05, 3.63) is 29.6 Å². The molecule has 0 aromatic heterocycles. The Morgan fingerprint density at radius 3 is 2.33 bits per heavy atom. The van der Waals surface area contributed by atoms with Gasteiger partial charge in [-0.25, -0.2) is 13.2 Å². The van der Waals surface area contributed by atoms with Crippen LogP contribution < -0.4 is 10.2 Å². The number of benzene rings is 1. The van der Waals surface area contributed by atoms with E-state index in [1.165, 1.54) is 32.1 Å². The Hall–Kier alpha value is -1.23. The molecular weight excluding hydrogens is 277 g/mol. The molecule has 0 amide bonds. The zero-order chi connectivity index (χ0) is 14.8. The van der Waals surface area contributed by atoms with E-state index >= 15 is 0 Å². The Bertz CT molecular complexity index is 477. The van der Waals surface area contributed by atoms with Crippen LogP contribution in [0.3, 0.4) is 0 Å². The van der Waals surface area contributed by atoms with Crippen molar-refractivity contribution >= 4 is 5.69 Å². The molecule has 1 atom stereocenters. The first-order valence-electron chi connectivity index (χ1n) is 7.78. The lowest BCUT2D eigenvalue weighted by Gasteiger charge is -2.40. The maximum atomic E-state index is 13.4. The smallest absolute Gasteiger partial charge is 0.194 e. The standard InChI is InChI=1S/C16H21F3N2/c17-13-8-12(9-14(18)16(13)19)21-7-6-20-15(10-21)11-4-2-1-3-5-11/h8-9,11,15,20H,1-7,10H2. The normalized spacial score (nSPS) is 24.3. The molecule has 0 radical (unpaired) electrons. The van der Waals surface area contributed by atoms with Crippen molar-refractivity contribution in [3.63, 3.8) is 0 Å². The van der Waals surface area contributed by atoms with Crippen LogP contribution in [0.4, 0.5) is 18.9 Å². The van der Waals surface area contributed by atoms with Crippen LogP contribution in [-0.4, -0.2) is 25.7 Å². The molecule has 1 unspecified atom stereocenters. The monoisotopic (exact) mass is 298 g/mol. The van der Waals surface area contributed by atoms with E-state index in [9.17, 15) is 13.2 Å². The van der Waals surface area contributed by atoms with Crippen LogP contribution in [0.1, 0.15) is 32.1 Å². The maximum Gasteiger partial charge on any atom is 0.194 e. The molecule has 1 aliphatic heterocycles. The first-order valence-corrected chi connectivity index (χ1v) is 7.78. The molecule has 2 aliphatic rings. The molecule has 1 N–H and O–H groups in total. The largest absolute Gasteiger partial charge is 0.369 e. The second-order valence-electron chi connectivity index (χ2n) is 6.13. The van der Waals surface area contributed by atoms with Crippen LogP contribution in [0.2, 0.25) is 0 Å². The molecule has 2 fully saturated rings. The van der Waals surface area contributed by atoms with E-state index in [0.29, 0.717) is 24.2 Å². The molecule has 2 nitrogen and oxygen atoms in total. The van der Waals surface area contributed by atoms with Gasteiger partial charge in [0.25, 0.3) is 0 Å². The maximum absolute atomic E-state index is 13.4. The molecule has 0 spiro atoms. The summed E-state index contributed by atoms with van der Waals surface area (Å²) in [6.07, 6.45) is 6.28. The second-order valence-corrected chi connectivity index (χ2v) is 6.13. The molecule has 1 aromatic carbocycles. The summed E-state index contributed by atoms with van der Waals surface area (Å²) >= 11 is 0. The number of halogens is 3. The summed E-state index contributed by atoms with van der Waals surface area (Å²) in [4.78, 5) is 1.96. The fourth-order valence-corrected chi connectivity index (χ4v) is 3.59. The van der Waals surface area contributed by atoms with Crippen LogP contribution in [0, 0.1) is 23.4 Å². The second kappa shape index (κ2) is 6.26. The fraction of sp³-hybridized carbons (Fsp3) is 0.625. The molecule has 1 saturated heterocycles. The van der Waals surface area contributed by atoms with E-state index in [0.717, 1.165) is 25.2 Å². The predicted octanol–water partition coefficient (Wildman–Crippen LogP) is 3.46. The van der Waals surface area contributed by atoms with Crippen LogP contribution >= 0.6 is 0 Å². The summed E-state index contributed by atoms with van der Waals surface area (Å²) in [5.74, 6) is -2.98. The minimum atomic E-state index is -1.39. The van der Waals surface area contributed by atoms with Gasteiger partial charge in [0, 0.05) is 43.5 Å². The number of rotatable bonds is 2. The minimum absolute atomic E-state index is 0.357. The minimum Gasteiger partial charge on any atom is -0.369 e. The molecule has 1 saturated carbocycles. The van der Waals surface area contributed by atoms with Crippen LogP contribution in [-0.2, 0) is 0 Å². The van der Waals surface area contributed by atoms with E-state index < -0.39 is 17.5 Å². The van der Waals surface area contributed by atoms with Gasteiger partial charge in [-0.3, -0.25) is 0 Å². The van der Waals surface area contributed by atoms with Crippen molar-refractivity contribution in [3.8, 4) is 0 Å². The molecule has 116 valence electrons. The topological polar surface area (TPSA) is 15.3 Å². The van der Waals surface area contributed by atoms with Crippen molar-refractivity contribution in [1.29, 1.82) is 0 Å². The van der Waals surface area contributed by atoms with Gasteiger partial charge >= 0.3 is 0 Å². The lowest BCUT2D eigenvalue weighted by molar-refractivity contribution is 0.257. The zero-order valence-corrected chi connectivity index (χ0v) is 12.0. The van der Waals surface area contributed by atoms with E-state index in [-0.39, 0.29) is 0 Å². The Balaban J connectivity index is 1.73. The van der Waals surface area contributed by atoms with Gasteiger partial charge in [-0.2, -0.15) is 0 Å². The Morgan fingerprint density at radius 2 is 1.67 bits per heavy atom. The van der Waals surface area contributed by atoms with Gasteiger partial charge in [-0.1, -0.05) is 19.3 Å². The average molecular weight is 298 g/mol. The van der Waals surface area contributed by atoms with Gasteiger partial charge in [-0.05, 0) is 18.8 Å². The van der Waals surface area contributed by atoms with E-state index in [4.69, 9.17) is 0 Å². The lowest BCUT2D eigenvalue weighted by Crippen LogP contribution is -2.54. The summed E-state index contributed by atoms with van der Waals surface area (Å²) in [7, 11) is 0. The average Bonchev–Trinajstić information content (AvgIpc) is 2.53.